The topological polar surface area (TPSA) is 74.6 Å². The number of aliphatic hydroxyl groups is 1. The van der Waals surface area contributed by atoms with Crippen LogP contribution in [0.4, 0.5) is 0 Å². The molecule has 0 radical (unpaired) electrons. The Labute approximate surface area is 91.8 Å². The highest BCUT2D eigenvalue weighted by atomic mass is 32.2. The van der Waals surface area contributed by atoms with Crippen LogP contribution in [0.3, 0.4) is 0 Å². The molecule has 0 aliphatic rings. The van der Waals surface area contributed by atoms with E-state index in [4.69, 9.17) is 9.66 Å². The van der Waals surface area contributed by atoms with E-state index >= 15 is 0 Å². The van der Waals surface area contributed by atoms with Crippen LogP contribution in [0, 0.1) is 5.92 Å². The van der Waals surface area contributed by atoms with Crippen molar-refractivity contribution in [3.8, 4) is 0 Å². The van der Waals surface area contributed by atoms with E-state index in [9.17, 15) is 8.42 Å². The predicted molar refractivity (Wildman–Crippen MR) is 60.0 cm³/mol. The van der Waals surface area contributed by atoms with Crippen molar-refractivity contribution in [3.63, 3.8) is 0 Å². The molecule has 0 saturated carbocycles. The first-order chi connectivity index (χ1) is 6.73. The third kappa shape index (κ3) is 7.53. The molecule has 4 nitrogen and oxygen atoms in total. The fraction of sp³-hybridized carbons (Fsp3) is 0.800. The van der Waals surface area contributed by atoms with E-state index < -0.39 is 15.6 Å². The van der Waals surface area contributed by atoms with Crippen LogP contribution >= 0.6 is 0 Å². The van der Waals surface area contributed by atoms with Gasteiger partial charge in [-0.15, -0.1) is 0 Å². The highest BCUT2D eigenvalue weighted by Crippen LogP contribution is 2.16. The third-order valence-electron chi connectivity index (χ3n) is 2.16. The van der Waals surface area contributed by atoms with Gasteiger partial charge in [-0.2, -0.15) is 8.42 Å². The first kappa shape index (κ1) is 14.6. The zero-order valence-corrected chi connectivity index (χ0v) is 10.3. The summed E-state index contributed by atoms with van der Waals surface area (Å²) < 4.78 is 29.6. The summed E-state index contributed by atoms with van der Waals surface area (Å²) >= 11 is 0. The largest absolute Gasteiger partial charge is 0.375 e. The van der Waals surface area contributed by atoms with Crippen LogP contribution in [0.2, 0.25) is 0 Å². The normalized spacial score (nSPS) is 15.8. The van der Waals surface area contributed by atoms with Gasteiger partial charge in [0, 0.05) is 0 Å². The molecule has 0 fully saturated rings. The lowest BCUT2D eigenvalue weighted by molar-refractivity contribution is 0.200. The van der Waals surface area contributed by atoms with Gasteiger partial charge in [-0.05, 0) is 39.0 Å². The average molecular weight is 236 g/mol. The van der Waals surface area contributed by atoms with Crippen molar-refractivity contribution >= 4 is 10.1 Å². The minimum Gasteiger partial charge on any atom is -0.375 e. The lowest BCUT2D eigenvalue weighted by Crippen LogP contribution is -2.22. The molecule has 0 aliphatic carbocycles. The van der Waals surface area contributed by atoms with E-state index in [2.05, 4.69) is 6.08 Å². The van der Waals surface area contributed by atoms with Crippen molar-refractivity contribution in [2.45, 2.75) is 45.5 Å². The third-order valence-corrected chi connectivity index (χ3v) is 3.04. The fourth-order valence-corrected chi connectivity index (χ4v) is 1.81. The molecule has 0 aromatic heterocycles. The maximum Gasteiger partial charge on any atom is 0.291 e. The van der Waals surface area contributed by atoms with Gasteiger partial charge in [-0.3, -0.25) is 4.55 Å². The minimum absolute atomic E-state index is 0.0672. The zero-order valence-electron chi connectivity index (χ0n) is 9.47. The highest BCUT2D eigenvalue weighted by molar-refractivity contribution is 7.86. The molecule has 0 spiro atoms. The molecule has 0 saturated heterocycles. The van der Waals surface area contributed by atoms with Gasteiger partial charge in [0.25, 0.3) is 10.1 Å². The van der Waals surface area contributed by atoms with Gasteiger partial charge >= 0.3 is 0 Å². The van der Waals surface area contributed by atoms with Gasteiger partial charge in [0.1, 0.15) is 0 Å². The highest BCUT2D eigenvalue weighted by Gasteiger charge is 2.21. The molecule has 5 heteroatoms. The van der Waals surface area contributed by atoms with Gasteiger partial charge in [-0.1, -0.05) is 18.6 Å². The first-order valence-electron chi connectivity index (χ1n) is 5.01. The molecule has 0 aromatic carbocycles. The van der Waals surface area contributed by atoms with Crippen molar-refractivity contribution in [2.24, 2.45) is 5.92 Å². The summed E-state index contributed by atoms with van der Waals surface area (Å²) in [4.78, 5) is 0. The first-order valence-corrected chi connectivity index (χ1v) is 6.51. The molecule has 0 aliphatic heterocycles. The second-order valence-electron chi connectivity index (χ2n) is 4.17. The van der Waals surface area contributed by atoms with Crippen molar-refractivity contribution < 1.29 is 18.1 Å². The van der Waals surface area contributed by atoms with Crippen LogP contribution in [-0.2, 0) is 10.1 Å². The Morgan fingerprint density at radius 2 is 1.93 bits per heavy atom. The van der Waals surface area contributed by atoms with Crippen LogP contribution < -0.4 is 0 Å². The van der Waals surface area contributed by atoms with E-state index in [-0.39, 0.29) is 12.3 Å². The molecule has 0 rings (SSSR count). The summed E-state index contributed by atoms with van der Waals surface area (Å²) in [5, 5.41) is 9.11. The standard InChI is InChI=1S/C10H20O4S/c1-8(2)5-4-6-9(3)7-10(11)15(12,13)14/h5,9-11H,4,6-7H2,1-3H3,(H,12,13,14)/t9-,10+/m1/s1. The van der Waals surface area contributed by atoms with Gasteiger partial charge in [-0.25, -0.2) is 0 Å². The summed E-state index contributed by atoms with van der Waals surface area (Å²) in [5.41, 5.74) is -0.434. The van der Waals surface area contributed by atoms with Gasteiger partial charge in [0.05, 0.1) is 0 Å². The second kappa shape index (κ2) is 6.25. The number of hydrogen-bond acceptors (Lipinski definition) is 3. The van der Waals surface area contributed by atoms with Crippen molar-refractivity contribution in [1.82, 2.24) is 0 Å². The van der Waals surface area contributed by atoms with Crippen molar-refractivity contribution in [1.29, 1.82) is 0 Å². The molecular weight excluding hydrogens is 216 g/mol. The van der Waals surface area contributed by atoms with Gasteiger partial charge in [0.15, 0.2) is 5.44 Å². The fourth-order valence-electron chi connectivity index (χ4n) is 1.24. The number of aliphatic hydroxyl groups excluding tert-OH is 1. The maximum absolute atomic E-state index is 10.5. The van der Waals surface area contributed by atoms with E-state index in [1.807, 2.05) is 20.8 Å². The van der Waals surface area contributed by atoms with Crippen molar-refractivity contribution in [3.05, 3.63) is 11.6 Å². The van der Waals surface area contributed by atoms with E-state index in [1.165, 1.54) is 5.57 Å². The van der Waals surface area contributed by atoms with Crippen molar-refractivity contribution in [2.75, 3.05) is 0 Å². The van der Waals surface area contributed by atoms with Crippen LogP contribution in [0.25, 0.3) is 0 Å². The Balaban J connectivity index is 3.95. The molecule has 0 aromatic rings. The Kier molecular flexibility index (Phi) is 6.09. The average Bonchev–Trinajstić information content (AvgIpc) is 2.01. The van der Waals surface area contributed by atoms with Crippen LogP contribution in [0.5, 0.6) is 0 Å². The quantitative estimate of drug-likeness (QED) is 0.546. The molecule has 0 heterocycles. The molecule has 2 atom stereocenters. The summed E-state index contributed by atoms with van der Waals surface area (Å²) in [7, 11) is -4.30. The summed E-state index contributed by atoms with van der Waals surface area (Å²) in [6.45, 7) is 5.85. The minimum atomic E-state index is -4.30. The lowest BCUT2D eigenvalue weighted by Gasteiger charge is -2.13. The predicted octanol–water partition coefficient (Wildman–Crippen LogP) is 1.97. The molecular formula is C10H20O4S. The molecule has 0 unspecified atom stereocenters. The number of rotatable bonds is 6. The van der Waals surface area contributed by atoms with Crippen LogP contribution in [0.1, 0.15) is 40.0 Å². The number of allylic oxidation sites excluding steroid dienone is 2. The molecule has 15 heavy (non-hydrogen) atoms. The van der Waals surface area contributed by atoms with E-state index in [1.54, 1.807) is 0 Å². The van der Waals surface area contributed by atoms with E-state index in [0.29, 0.717) is 0 Å². The Bertz CT molecular complexity index is 301. The summed E-state index contributed by atoms with van der Waals surface area (Å²) in [6.07, 6.45) is 3.81. The zero-order chi connectivity index (χ0) is 12.1. The summed E-state index contributed by atoms with van der Waals surface area (Å²) in [6, 6.07) is 0. The van der Waals surface area contributed by atoms with E-state index in [0.717, 1.165) is 12.8 Å². The molecule has 2 N–H and O–H groups in total. The maximum atomic E-state index is 10.5. The Morgan fingerprint density at radius 1 is 1.40 bits per heavy atom. The second-order valence-corrected chi connectivity index (χ2v) is 5.74. The number of hydrogen-bond donors (Lipinski definition) is 2. The lowest BCUT2D eigenvalue weighted by atomic mass is 10.0. The smallest absolute Gasteiger partial charge is 0.291 e. The van der Waals surface area contributed by atoms with Crippen LogP contribution in [0.15, 0.2) is 11.6 Å². The van der Waals surface area contributed by atoms with Crippen LogP contribution in [-0.4, -0.2) is 23.5 Å². The van der Waals surface area contributed by atoms with Gasteiger partial charge < -0.3 is 5.11 Å². The SMILES string of the molecule is CC(C)=CCC[C@@H](C)C[C@@H](O)S(=O)(=O)O. The molecule has 0 amide bonds. The van der Waals surface area contributed by atoms with Gasteiger partial charge in [0.2, 0.25) is 0 Å². The molecule has 90 valence electrons. The monoisotopic (exact) mass is 236 g/mol. The molecule has 0 bridgehead atoms. The Hall–Kier alpha value is -0.390. The summed E-state index contributed by atoms with van der Waals surface area (Å²) in [5.74, 6) is 0.0672. The Morgan fingerprint density at radius 3 is 2.33 bits per heavy atom.